The highest BCUT2D eigenvalue weighted by Crippen LogP contribution is 2.25. The predicted molar refractivity (Wildman–Crippen MR) is 33.4 cm³/mol. The summed E-state index contributed by atoms with van der Waals surface area (Å²) in [6.45, 7) is 0. The van der Waals surface area contributed by atoms with E-state index in [1.807, 2.05) is 0 Å². The minimum Gasteiger partial charge on any atom is -0.462 e. The van der Waals surface area contributed by atoms with E-state index >= 15 is 0 Å². The van der Waals surface area contributed by atoms with Crippen LogP contribution in [0.3, 0.4) is 0 Å². The minimum absolute atomic E-state index is 0.132. The third kappa shape index (κ3) is 1.44. The Hall–Kier alpha value is -0.530. The zero-order valence-electron chi connectivity index (χ0n) is 5.43. The lowest BCUT2D eigenvalue weighted by Crippen LogP contribution is -2.10. The summed E-state index contributed by atoms with van der Waals surface area (Å²) in [5.74, 6) is 0.0231. The second kappa shape index (κ2) is 2.85. The molecule has 1 aliphatic carbocycles. The molecule has 2 nitrogen and oxygen atoms in total. The van der Waals surface area contributed by atoms with E-state index in [0.717, 1.165) is 12.8 Å². The Morgan fingerprint density at radius 1 is 1.44 bits per heavy atom. The van der Waals surface area contributed by atoms with Crippen molar-refractivity contribution < 1.29 is 9.53 Å². The minimum atomic E-state index is -0.132. The smallest absolute Gasteiger partial charge is 0.309 e. The van der Waals surface area contributed by atoms with Crippen molar-refractivity contribution in [2.45, 2.75) is 25.7 Å². The van der Waals surface area contributed by atoms with Gasteiger partial charge in [-0.1, -0.05) is 12.8 Å². The van der Waals surface area contributed by atoms with Crippen molar-refractivity contribution in [3.05, 3.63) is 7.11 Å². The van der Waals surface area contributed by atoms with Crippen LogP contribution in [0.1, 0.15) is 25.7 Å². The Bertz CT molecular complexity index is 103. The van der Waals surface area contributed by atoms with Gasteiger partial charge in [-0.15, -0.1) is 0 Å². The van der Waals surface area contributed by atoms with E-state index in [1.165, 1.54) is 12.8 Å². The molecule has 1 aliphatic rings. The molecular formula is C7H11O2. The van der Waals surface area contributed by atoms with E-state index in [1.54, 1.807) is 0 Å². The number of carbonyl (C=O) groups excluding carboxylic acids is 1. The van der Waals surface area contributed by atoms with E-state index in [0.29, 0.717) is 0 Å². The Kier molecular flexibility index (Phi) is 2.09. The summed E-state index contributed by atoms with van der Waals surface area (Å²) >= 11 is 0. The summed E-state index contributed by atoms with van der Waals surface area (Å²) < 4.78 is 4.35. The third-order valence-corrected chi connectivity index (χ3v) is 1.83. The van der Waals surface area contributed by atoms with Gasteiger partial charge in [0, 0.05) is 0 Å². The molecule has 0 aliphatic heterocycles. The Balaban J connectivity index is 2.32. The van der Waals surface area contributed by atoms with Gasteiger partial charge in [0.15, 0.2) is 0 Å². The van der Waals surface area contributed by atoms with Crippen LogP contribution in [0.4, 0.5) is 0 Å². The molecule has 1 rings (SSSR count). The normalized spacial score (nSPS) is 20.1. The van der Waals surface area contributed by atoms with Crippen LogP contribution < -0.4 is 0 Å². The highest BCUT2D eigenvalue weighted by molar-refractivity contribution is 5.72. The first-order chi connectivity index (χ1) is 4.34. The van der Waals surface area contributed by atoms with Crippen molar-refractivity contribution >= 4 is 5.97 Å². The van der Waals surface area contributed by atoms with Crippen LogP contribution in [0.2, 0.25) is 0 Å². The van der Waals surface area contributed by atoms with Gasteiger partial charge in [-0.2, -0.15) is 0 Å². The fourth-order valence-electron chi connectivity index (χ4n) is 1.28. The first kappa shape index (κ1) is 6.59. The van der Waals surface area contributed by atoms with Crippen LogP contribution in [0.5, 0.6) is 0 Å². The lowest BCUT2D eigenvalue weighted by molar-refractivity contribution is -0.142. The number of hydrogen-bond acceptors (Lipinski definition) is 2. The van der Waals surface area contributed by atoms with E-state index in [9.17, 15) is 4.79 Å². The molecule has 0 aromatic carbocycles. The Morgan fingerprint density at radius 2 is 2.00 bits per heavy atom. The quantitative estimate of drug-likeness (QED) is 0.499. The van der Waals surface area contributed by atoms with Crippen LogP contribution >= 0.6 is 0 Å². The molecule has 0 amide bonds. The van der Waals surface area contributed by atoms with E-state index in [-0.39, 0.29) is 11.9 Å². The number of carbonyl (C=O) groups is 1. The van der Waals surface area contributed by atoms with E-state index in [2.05, 4.69) is 11.8 Å². The molecular weight excluding hydrogens is 116 g/mol. The molecule has 1 saturated carbocycles. The molecule has 1 fully saturated rings. The summed E-state index contributed by atoms with van der Waals surface area (Å²) in [6, 6.07) is 0. The highest BCUT2D eigenvalue weighted by atomic mass is 16.5. The van der Waals surface area contributed by atoms with Crippen molar-refractivity contribution in [3.63, 3.8) is 0 Å². The van der Waals surface area contributed by atoms with Crippen LogP contribution in [0, 0.1) is 13.0 Å². The largest absolute Gasteiger partial charge is 0.462 e. The molecule has 0 aromatic heterocycles. The van der Waals surface area contributed by atoms with Crippen molar-refractivity contribution in [2.75, 3.05) is 0 Å². The molecule has 0 saturated heterocycles. The van der Waals surface area contributed by atoms with Crippen LogP contribution in [-0.2, 0) is 9.53 Å². The topological polar surface area (TPSA) is 26.3 Å². The molecule has 0 spiro atoms. The van der Waals surface area contributed by atoms with Gasteiger partial charge in [0.2, 0.25) is 0 Å². The lowest BCUT2D eigenvalue weighted by atomic mass is 10.1. The highest BCUT2D eigenvalue weighted by Gasteiger charge is 2.22. The molecule has 0 bridgehead atoms. The third-order valence-electron chi connectivity index (χ3n) is 1.83. The number of hydrogen-bond donors (Lipinski definition) is 0. The van der Waals surface area contributed by atoms with Gasteiger partial charge in [0.05, 0.1) is 5.92 Å². The molecule has 51 valence electrons. The summed E-state index contributed by atoms with van der Waals surface area (Å²) in [5, 5.41) is 0. The van der Waals surface area contributed by atoms with E-state index in [4.69, 9.17) is 0 Å². The molecule has 0 aromatic rings. The zero-order valence-corrected chi connectivity index (χ0v) is 5.43. The van der Waals surface area contributed by atoms with Gasteiger partial charge in [-0.3, -0.25) is 4.79 Å². The second-order valence-electron chi connectivity index (χ2n) is 2.44. The molecule has 9 heavy (non-hydrogen) atoms. The SMILES string of the molecule is [CH2]OC(=O)C1CCCC1. The van der Waals surface area contributed by atoms with Crippen LogP contribution in [0.25, 0.3) is 0 Å². The molecule has 0 unspecified atom stereocenters. The van der Waals surface area contributed by atoms with Gasteiger partial charge >= 0.3 is 5.97 Å². The Labute approximate surface area is 55.2 Å². The number of rotatable bonds is 1. The number of ether oxygens (including phenoxy) is 1. The first-order valence-corrected chi connectivity index (χ1v) is 3.30. The standard InChI is InChI=1S/C7H11O2/c1-9-7(8)6-4-2-3-5-6/h6H,1-5H2. The molecule has 1 radical (unpaired) electrons. The van der Waals surface area contributed by atoms with Gasteiger partial charge in [-0.05, 0) is 12.8 Å². The van der Waals surface area contributed by atoms with Gasteiger partial charge in [0.25, 0.3) is 0 Å². The predicted octanol–water partition coefficient (Wildman–Crippen LogP) is 1.51. The van der Waals surface area contributed by atoms with Gasteiger partial charge < -0.3 is 4.74 Å². The van der Waals surface area contributed by atoms with Crippen molar-refractivity contribution in [3.8, 4) is 0 Å². The summed E-state index contributed by atoms with van der Waals surface area (Å²) in [7, 11) is 3.08. The maximum atomic E-state index is 10.7. The molecule has 0 atom stereocenters. The van der Waals surface area contributed by atoms with Crippen molar-refractivity contribution in [2.24, 2.45) is 5.92 Å². The second-order valence-corrected chi connectivity index (χ2v) is 2.44. The van der Waals surface area contributed by atoms with Crippen molar-refractivity contribution in [1.82, 2.24) is 0 Å². The summed E-state index contributed by atoms with van der Waals surface area (Å²) in [4.78, 5) is 10.7. The fraction of sp³-hybridized carbons (Fsp3) is 0.714. The van der Waals surface area contributed by atoms with Crippen LogP contribution in [0.15, 0.2) is 0 Å². The lowest BCUT2D eigenvalue weighted by Gasteiger charge is -2.03. The number of esters is 1. The Morgan fingerprint density at radius 3 is 2.44 bits per heavy atom. The van der Waals surface area contributed by atoms with Crippen LogP contribution in [-0.4, -0.2) is 5.97 Å². The van der Waals surface area contributed by atoms with Gasteiger partial charge in [-0.25, -0.2) is 0 Å². The fourth-order valence-corrected chi connectivity index (χ4v) is 1.28. The van der Waals surface area contributed by atoms with Crippen molar-refractivity contribution in [1.29, 1.82) is 0 Å². The van der Waals surface area contributed by atoms with Gasteiger partial charge in [0.1, 0.15) is 7.11 Å². The summed E-state index contributed by atoms with van der Waals surface area (Å²) in [6.07, 6.45) is 4.32. The zero-order chi connectivity index (χ0) is 6.69. The first-order valence-electron chi connectivity index (χ1n) is 3.30. The molecule has 0 N–H and O–H groups in total. The van der Waals surface area contributed by atoms with E-state index < -0.39 is 0 Å². The monoisotopic (exact) mass is 127 g/mol. The average Bonchev–Trinajstić information content (AvgIpc) is 2.37. The molecule has 2 heteroatoms. The summed E-state index contributed by atoms with van der Waals surface area (Å²) in [5.41, 5.74) is 0. The molecule has 0 heterocycles. The average molecular weight is 127 g/mol. The maximum absolute atomic E-state index is 10.7. The maximum Gasteiger partial charge on any atom is 0.309 e.